The van der Waals surface area contributed by atoms with Crippen LogP contribution >= 0.6 is 0 Å². The smallest absolute Gasteiger partial charge is 0.255 e. The van der Waals surface area contributed by atoms with Crippen LogP contribution in [0.4, 0.5) is 4.39 Å². The van der Waals surface area contributed by atoms with E-state index in [0.717, 1.165) is 0 Å². The Morgan fingerprint density at radius 1 is 1.07 bits per heavy atom. The van der Waals surface area contributed by atoms with E-state index in [2.05, 4.69) is 0 Å². The maximum atomic E-state index is 12.9. The first-order valence-electron chi connectivity index (χ1n) is 4.21. The minimum atomic E-state index is -0.349. The van der Waals surface area contributed by atoms with Gasteiger partial charge in [0.05, 0.1) is 5.69 Å². The Balaban J connectivity index is 2.61. The molecule has 2 rings (SSSR count). The van der Waals surface area contributed by atoms with Crippen molar-refractivity contribution in [3.05, 3.63) is 64.8 Å². The third-order valence-corrected chi connectivity index (χ3v) is 1.91. The first-order valence-corrected chi connectivity index (χ1v) is 4.21. The van der Waals surface area contributed by atoms with Gasteiger partial charge in [-0.05, 0) is 24.3 Å². The zero-order chi connectivity index (χ0) is 9.97. The maximum absolute atomic E-state index is 12.9. The first kappa shape index (κ1) is 8.69. The molecule has 2 nitrogen and oxygen atoms in total. The monoisotopic (exact) mass is 189 g/mol. The van der Waals surface area contributed by atoms with Crippen LogP contribution in [0.5, 0.6) is 0 Å². The van der Waals surface area contributed by atoms with Gasteiger partial charge in [-0.15, -0.1) is 0 Å². The lowest BCUT2D eigenvalue weighted by Gasteiger charge is -2.03. The Hall–Kier alpha value is -1.90. The quantitative estimate of drug-likeness (QED) is 0.672. The molecule has 0 N–H and O–H groups in total. The lowest BCUT2D eigenvalue weighted by molar-refractivity contribution is 0.626. The molecule has 0 saturated carbocycles. The number of benzene rings is 1. The topological polar surface area (TPSA) is 22.0 Å². The van der Waals surface area contributed by atoms with E-state index in [9.17, 15) is 9.18 Å². The van der Waals surface area contributed by atoms with Gasteiger partial charge in [0.15, 0.2) is 0 Å². The fourth-order valence-electron chi connectivity index (χ4n) is 1.27. The minimum Gasteiger partial charge on any atom is -0.284 e. The highest BCUT2D eigenvalue weighted by atomic mass is 19.1. The van der Waals surface area contributed by atoms with Crippen LogP contribution in [0.25, 0.3) is 5.69 Å². The molecule has 0 aliphatic rings. The summed E-state index contributed by atoms with van der Waals surface area (Å²) in [7, 11) is 0. The molecular weight excluding hydrogens is 181 g/mol. The average Bonchev–Trinajstić information content (AvgIpc) is 2.18. The zero-order valence-corrected chi connectivity index (χ0v) is 7.35. The average molecular weight is 189 g/mol. The summed E-state index contributed by atoms with van der Waals surface area (Å²) >= 11 is 0. The lowest BCUT2D eigenvalue weighted by Crippen LogP contribution is -2.15. The predicted octanol–water partition coefficient (Wildman–Crippen LogP) is 1.98. The molecular formula is C11H8FNO. The number of pyridine rings is 1. The van der Waals surface area contributed by atoms with E-state index in [1.165, 1.54) is 22.8 Å². The SMILES string of the molecule is O=c1ccccn1-c1cccc(F)c1. The molecule has 70 valence electrons. The molecule has 1 heterocycles. The highest BCUT2D eigenvalue weighted by molar-refractivity contribution is 5.32. The second-order valence-corrected chi connectivity index (χ2v) is 2.89. The number of nitrogens with zero attached hydrogens (tertiary/aromatic N) is 1. The van der Waals surface area contributed by atoms with Crippen molar-refractivity contribution < 1.29 is 4.39 Å². The van der Waals surface area contributed by atoms with Gasteiger partial charge in [0.1, 0.15) is 5.82 Å². The van der Waals surface area contributed by atoms with Gasteiger partial charge in [0.25, 0.3) is 5.56 Å². The minimum absolute atomic E-state index is 0.168. The van der Waals surface area contributed by atoms with Gasteiger partial charge in [0.2, 0.25) is 0 Å². The van der Waals surface area contributed by atoms with Crippen molar-refractivity contribution in [1.82, 2.24) is 4.57 Å². The molecule has 0 aliphatic carbocycles. The molecule has 0 spiro atoms. The summed E-state index contributed by atoms with van der Waals surface area (Å²) in [6.07, 6.45) is 1.61. The van der Waals surface area contributed by atoms with Crippen LogP contribution in [0.1, 0.15) is 0 Å². The molecule has 0 fully saturated rings. The molecule has 0 bridgehead atoms. The van der Waals surface area contributed by atoms with Gasteiger partial charge < -0.3 is 0 Å². The van der Waals surface area contributed by atoms with Crippen LogP contribution in [0, 0.1) is 5.82 Å². The van der Waals surface area contributed by atoms with Gasteiger partial charge in [-0.2, -0.15) is 0 Å². The van der Waals surface area contributed by atoms with Crippen molar-refractivity contribution in [3.8, 4) is 5.69 Å². The Morgan fingerprint density at radius 2 is 1.93 bits per heavy atom. The van der Waals surface area contributed by atoms with E-state index >= 15 is 0 Å². The van der Waals surface area contributed by atoms with Crippen LogP contribution in [0.15, 0.2) is 53.5 Å². The van der Waals surface area contributed by atoms with Gasteiger partial charge in [0, 0.05) is 12.3 Å². The van der Waals surface area contributed by atoms with Crippen molar-refractivity contribution in [2.75, 3.05) is 0 Å². The Bertz CT molecular complexity index is 504. The van der Waals surface area contributed by atoms with Gasteiger partial charge in [-0.3, -0.25) is 9.36 Å². The molecule has 1 aromatic carbocycles. The van der Waals surface area contributed by atoms with E-state index in [1.807, 2.05) is 0 Å². The van der Waals surface area contributed by atoms with Crippen molar-refractivity contribution in [2.45, 2.75) is 0 Å². The van der Waals surface area contributed by atoms with Crippen molar-refractivity contribution in [1.29, 1.82) is 0 Å². The number of rotatable bonds is 1. The standard InChI is InChI=1S/C11H8FNO/c12-9-4-3-5-10(8-9)13-7-2-1-6-11(13)14/h1-8H. The highest BCUT2D eigenvalue weighted by Crippen LogP contribution is 2.06. The largest absolute Gasteiger partial charge is 0.284 e. The van der Waals surface area contributed by atoms with E-state index in [-0.39, 0.29) is 11.4 Å². The fraction of sp³-hybridized carbons (Fsp3) is 0. The van der Waals surface area contributed by atoms with E-state index < -0.39 is 0 Å². The van der Waals surface area contributed by atoms with Crippen LogP contribution in [0.3, 0.4) is 0 Å². The van der Waals surface area contributed by atoms with Gasteiger partial charge in [-0.25, -0.2) is 4.39 Å². The van der Waals surface area contributed by atoms with Gasteiger partial charge >= 0.3 is 0 Å². The number of halogens is 1. The summed E-state index contributed by atoms with van der Waals surface area (Å²) in [5.74, 6) is -0.349. The summed E-state index contributed by atoms with van der Waals surface area (Å²) < 4.78 is 14.3. The van der Waals surface area contributed by atoms with Crippen LogP contribution in [0.2, 0.25) is 0 Å². The van der Waals surface area contributed by atoms with Crippen molar-refractivity contribution in [2.24, 2.45) is 0 Å². The molecule has 2 aromatic rings. The predicted molar refractivity (Wildman–Crippen MR) is 52.0 cm³/mol. The summed E-state index contributed by atoms with van der Waals surface area (Å²) in [6, 6.07) is 10.7. The number of hydrogen-bond acceptors (Lipinski definition) is 1. The summed E-state index contributed by atoms with van der Waals surface area (Å²) in [4.78, 5) is 11.4. The second kappa shape index (κ2) is 3.46. The Morgan fingerprint density at radius 3 is 2.64 bits per heavy atom. The van der Waals surface area contributed by atoms with Crippen molar-refractivity contribution >= 4 is 0 Å². The second-order valence-electron chi connectivity index (χ2n) is 2.89. The highest BCUT2D eigenvalue weighted by Gasteiger charge is 1.98. The summed E-state index contributed by atoms with van der Waals surface area (Å²) in [5.41, 5.74) is 0.369. The number of hydrogen-bond donors (Lipinski definition) is 0. The fourth-order valence-corrected chi connectivity index (χ4v) is 1.27. The summed E-state index contributed by atoms with van der Waals surface area (Å²) in [6.45, 7) is 0. The maximum Gasteiger partial charge on any atom is 0.255 e. The third-order valence-electron chi connectivity index (χ3n) is 1.91. The van der Waals surface area contributed by atoms with E-state index in [0.29, 0.717) is 5.69 Å². The lowest BCUT2D eigenvalue weighted by atomic mass is 10.3. The molecule has 3 heteroatoms. The molecule has 0 radical (unpaired) electrons. The van der Waals surface area contributed by atoms with E-state index in [1.54, 1.807) is 30.5 Å². The summed E-state index contributed by atoms with van der Waals surface area (Å²) in [5, 5.41) is 0. The van der Waals surface area contributed by atoms with Crippen molar-refractivity contribution in [3.63, 3.8) is 0 Å². The Kier molecular flexibility index (Phi) is 2.14. The molecule has 0 aliphatic heterocycles. The molecule has 0 atom stereocenters. The molecule has 0 saturated heterocycles. The molecule has 14 heavy (non-hydrogen) atoms. The molecule has 0 unspecified atom stereocenters. The van der Waals surface area contributed by atoms with Crippen LogP contribution in [-0.4, -0.2) is 4.57 Å². The first-order chi connectivity index (χ1) is 6.77. The van der Waals surface area contributed by atoms with Crippen LogP contribution < -0.4 is 5.56 Å². The Labute approximate surface area is 80.2 Å². The molecule has 1 aromatic heterocycles. The molecule has 0 amide bonds. The van der Waals surface area contributed by atoms with Crippen LogP contribution in [-0.2, 0) is 0 Å². The van der Waals surface area contributed by atoms with Gasteiger partial charge in [-0.1, -0.05) is 12.1 Å². The zero-order valence-electron chi connectivity index (χ0n) is 7.35. The normalized spacial score (nSPS) is 10.1. The third kappa shape index (κ3) is 1.57. The van der Waals surface area contributed by atoms with E-state index in [4.69, 9.17) is 0 Å². The number of aromatic nitrogens is 1.